The fraction of sp³-hybridized carbons (Fsp3) is 0.579. The zero-order chi connectivity index (χ0) is 18.5. The molecule has 7 heteroatoms. The van der Waals surface area contributed by atoms with Gasteiger partial charge in [0.2, 0.25) is 5.79 Å². The molecule has 2 bridgehead atoms. The van der Waals surface area contributed by atoms with Crippen LogP contribution in [0.25, 0.3) is 0 Å². The van der Waals surface area contributed by atoms with Crippen molar-refractivity contribution in [3.05, 3.63) is 35.9 Å². The maximum absolute atomic E-state index is 11.9. The van der Waals surface area contributed by atoms with Crippen molar-refractivity contribution >= 4 is 0 Å². The van der Waals surface area contributed by atoms with Crippen LogP contribution in [0.4, 0.5) is 0 Å². The lowest BCUT2D eigenvalue weighted by Crippen LogP contribution is -2.84. The van der Waals surface area contributed by atoms with Crippen LogP contribution in [0.2, 0.25) is 0 Å². The van der Waals surface area contributed by atoms with Gasteiger partial charge in [-0.25, -0.2) is 0 Å². The molecule has 4 atom stereocenters. The van der Waals surface area contributed by atoms with Gasteiger partial charge in [0.25, 0.3) is 5.79 Å². The third-order valence-corrected chi connectivity index (χ3v) is 7.16. The number of likely N-dealkylation sites (tertiary alicyclic amines) is 1. The minimum Gasteiger partial charge on any atom is -0.504 e. The third-order valence-electron chi connectivity index (χ3n) is 7.16. The van der Waals surface area contributed by atoms with Crippen LogP contribution in [0.15, 0.2) is 24.8 Å². The van der Waals surface area contributed by atoms with Crippen molar-refractivity contribution in [2.45, 2.75) is 54.3 Å². The van der Waals surface area contributed by atoms with Gasteiger partial charge in [0, 0.05) is 31.1 Å². The molecule has 7 nitrogen and oxygen atoms in total. The molecule has 2 aliphatic carbocycles. The molecule has 2 fully saturated rings. The molecule has 1 spiro atoms. The number of hydrogen-bond acceptors (Lipinski definition) is 7. The van der Waals surface area contributed by atoms with E-state index in [0.717, 1.165) is 5.56 Å². The highest BCUT2D eigenvalue weighted by Gasteiger charge is 2.83. The molecule has 1 saturated heterocycles. The topological polar surface area (TPSA) is 114 Å². The van der Waals surface area contributed by atoms with Gasteiger partial charge in [-0.3, -0.25) is 4.90 Å². The van der Waals surface area contributed by atoms with Crippen LogP contribution < -0.4 is 4.74 Å². The summed E-state index contributed by atoms with van der Waals surface area (Å²) in [6, 6.07) is 2.93. The molecule has 1 aromatic carbocycles. The largest absolute Gasteiger partial charge is 0.504 e. The Morgan fingerprint density at radius 2 is 1.96 bits per heavy atom. The fourth-order valence-corrected chi connectivity index (χ4v) is 6.06. The van der Waals surface area contributed by atoms with Crippen LogP contribution in [0.5, 0.6) is 11.5 Å². The first kappa shape index (κ1) is 16.5. The van der Waals surface area contributed by atoms with Gasteiger partial charge in [-0.15, -0.1) is 6.58 Å². The van der Waals surface area contributed by atoms with Crippen LogP contribution >= 0.6 is 0 Å². The summed E-state index contributed by atoms with van der Waals surface area (Å²) >= 11 is 0. The van der Waals surface area contributed by atoms with Crippen molar-refractivity contribution in [2.24, 2.45) is 0 Å². The van der Waals surface area contributed by atoms with Gasteiger partial charge in [0.1, 0.15) is 5.41 Å². The Kier molecular flexibility index (Phi) is 2.93. The molecule has 2 aliphatic heterocycles. The first-order valence-corrected chi connectivity index (χ1v) is 9.01. The smallest absolute Gasteiger partial charge is 0.275 e. The van der Waals surface area contributed by atoms with Crippen LogP contribution in [-0.2, 0) is 11.8 Å². The predicted molar refractivity (Wildman–Crippen MR) is 90.6 cm³/mol. The minimum atomic E-state index is -2.54. The van der Waals surface area contributed by atoms with Crippen LogP contribution in [0.3, 0.4) is 0 Å². The first-order chi connectivity index (χ1) is 12.2. The predicted octanol–water partition coefficient (Wildman–Crippen LogP) is -0.267. The van der Waals surface area contributed by atoms with Crippen molar-refractivity contribution in [1.29, 1.82) is 0 Å². The molecule has 0 unspecified atom stereocenters. The van der Waals surface area contributed by atoms with Gasteiger partial charge in [0.15, 0.2) is 11.5 Å². The van der Waals surface area contributed by atoms with Gasteiger partial charge >= 0.3 is 0 Å². The van der Waals surface area contributed by atoms with Crippen molar-refractivity contribution in [2.75, 3.05) is 13.1 Å². The highest BCUT2D eigenvalue weighted by atomic mass is 16.7. The second-order valence-electron chi connectivity index (χ2n) is 8.09. The third kappa shape index (κ3) is 1.47. The van der Waals surface area contributed by atoms with Crippen molar-refractivity contribution in [3.63, 3.8) is 0 Å². The van der Waals surface area contributed by atoms with Gasteiger partial charge in [-0.1, -0.05) is 12.1 Å². The molecule has 0 amide bonds. The number of phenols is 1. The zero-order valence-electron chi connectivity index (χ0n) is 14.4. The summed E-state index contributed by atoms with van der Waals surface area (Å²) in [4.78, 5) is 2.12. The number of nitrogens with zero attached hydrogens (tertiary/aromatic N) is 1. The summed E-state index contributed by atoms with van der Waals surface area (Å²) in [7, 11) is 0. The molecule has 26 heavy (non-hydrogen) atoms. The van der Waals surface area contributed by atoms with E-state index in [1.54, 1.807) is 12.1 Å². The molecule has 4 aliphatic rings. The fourth-order valence-electron chi connectivity index (χ4n) is 6.06. The van der Waals surface area contributed by atoms with Crippen molar-refractivity contribution < 1.29 is 30.3 Å². The Morgan fingerprint density at radius 1 is 1.19 bits per heavy atom. The summed E-state index contributed by atoms with van der Waals surface area (Å²) in [6.45, 7) is 4.92. The van der Waals surface area contributed by atoms with E-state index in [1.807, 2.05) is 0 Å². The van der Waals surface area contributed by atoms with E-state index in [9.17, 15) is 25.5 Å². The van der Waals surface area contributed by atoms with Crippen molar-refractivity contribution in [1.82, 2.24) is 4.90 Å². The second kappa shape index (κ2) is 4.61. The molecule has 0 radical (unpaired) electrons. The highest BCUT2D eigenvalue weighted by Crippen LogP contribution is 2.69. The summed E-state index contributed by atoms with van der Waals surface area (Å²) < 4.78 is 5.68. The van der Waals surface area contributed by atoms with Crippen molar-refractivity contribution in [3.8, 4) is 11.5 Å². The van der Waals surface area contributed by atoms with Gasteiger partial charge < -0.3 is 30.3 Å². The van der Waals surface area contributed by atoms with Gasteiger partial charge in [-0.05, 0) is 30.9 Å². The number of benzene rings is 1. The van der Waals surface area contributed by atoms with E-state index in [-0.39, 0.29) is 36.8 Å². The number of ether oxygens (including phenoxy) is 1. The normalized spacial score (nSPS) is 42.1. The quantitative estimate of drug-likeness (QED) is 0.364. The standard InChI is InChI=1S/C19H23NO6/c1-2-8-20-9-7-16-14-11-3-4-12(21)15(14)26-19(16,25)18(23,24)6-5-17(16,22)13(20)10-11/h2-4,13,21-25H,1,5-10H2/t13-,16-,17-,19-/m1/s1. The number of hydrogen-bond donors (Lipinski definition) is 5. The Hall–Kier alpha value is -1.64. The van der Waals surface area contributed by atoms with Crippen LogP contribution in [0.1, 0.15) is 30.4 Å². The lowest BCUT2D eigenvalue weighted by atomic mass is 9.46. The van der Waals surface area contributed by atoms with E-state index >= 15 is 0 Å². The van der Waals surface area contributed by atoms with Crippen LogP contribution in [0, 0.1) is 0 Å². The summed E-state index contributed by atoms with van der Waals surface area (Å²) in [5.41, 5.74) is -1.46. The van der Waals surface area contributed by atoms with E-state index in [0.29, 0.717) is 25.1 Å². The van der Waals surface area contributed by atoms with Gasteiger partial charge in [0.05, 0.1) is 5.60 Å². The number of piperidine rings is 1. The Labute approximate surface area is 150 Å². The van der Waals surface area contributed by atoms with Gasteiger partial charge in [-0.2, -0.15) is 0 Å². The summed E-state index contributed by atoms with van der Waals surface area (Å²) in [5.74, 6) is -5.09. The average Bonchev–Trinajstić information content (AvgIpc) is 2.87. The average molecular weight is 361 g/mol. The molecular formula is C19H23NO6. The number of phenolic OH excluding ortho intramolecular Hbond substituents is 1. The zero-order valence-corrected chi connectivity index (χ0v) is 14.4. The van der Waals surface area contributed by atoms with Crippen LogP contribution in [-0.4, -0.2) is 66.7 Å². The molecule has 2 heterocycles. The summed E-state index contributed by atoms with van der Waals surface area (Å²) in [5, 5.41) is 54.9. The maximum Gasteiger partial charge on any atom is 0.275 e. The highest BCUT2D eigenvalue weighted by molar-refractivity contribution is 5.63. The van der Waals surface area contributed by atoms with E-state index in [1.165, 1.54) is 6.07 Å². The number of rotatable bonds is 2. The number of aromatic hydroxyl groups is 1. The molecular weight excluding hydrogens is 338 g/mol. The minimum absolute atomic E-state index is 0.0495. The molecule has 5 rings (SSSR count). The molecule has 5 N–H and O–H groups in total. The molecule has 1 saturated carbocycles. The maximum atomic E-state index is 11.9. The second-order valence-corrected chi connectivity index (χ2v) is 8.09. The monoisotopic (exact) mass is 361 g/mol. The molecule has 0 aromatic heterocycles. The Bertz CT molecular complexity index is 824. The van der Waals surface area contributed by atoms with E-state index in [4.69, 9.17) is 4.74 Å². The summed E-state index contributed by atoms with van der Waals surface area (Å²) in [6.07, 6.45) is 2.46. The SMILES string of the molecule is C=CCN1CC[C@]23c4c5ccc(O)c4O[C@@]2(O)C(O)(O)CC[C@@]3(O)[C@H]1C5. The van der Waals surface area contributed by atoms with E-state index < -0.39 is 22.6 Å². The first-order valence-electron chi connectivity index (χ1n) is 9.01. The molecule has 140 valence electrons. The molecule has 1 aromatic rings. The lowest BCUT2D eigenvalue weighted by molar-refractivity contribution is -0.411. The Balaban J connectivity index is 1.84. The Morgan fingerprint density at radius 3 is 2.69 bits per heavy atom. The number of aliphatic hydroxyl groups is 4. The lowest BCUT2D eigenvalue weighted by Gasteiger charge is -2.66. The van der Waals surface area contributed by atoms with E-state index in [2.05, 4.69) is 11.5 Å².